The average molecular weight is 305 g/mol. The molecular formula is C14H19N5OS. The highest BCUT2D eigenvalue weighted by Crippen LogP contribution is 2.32. The number of hydrogen-bond acceptors (Lipinski definition) is 6. The summed E-state index contributed by atoms with van der Waals surface area (Å²) in [7, 11) is 3.95. The summed E-state index contributed by atoms with van der Waals surface area (Å²) in [4.78, 5) is 18.0. The summed E-state index contributed by atoms with van der Waals surface area (Å²) >= 11 is 1.32. The third-order valence-electron chi connectivity index (χ3n) is 4.12. The second-order valence-electron chi connectivity index (χ2n) is 5.56. The molecule has 7 heteroatoms. The number of carbonyl (C=O) groups is 1. The molecule has 1 fully saturated rings. The van der Waals surface area contributed by atoms with Crippen molar-refractivity contribution in [2.45, 2.75) is 18.9 Å². The van der Waals surface area contributed by atoms with Crippen LogP contribution in [0.3, 0.4) is 0 Å². The third kappa shape index (κ3) is 2.58. The first-order chi connectivity index (χ1) is 10.1. The fourth-order valence-electron chi connectivity index (χ4n) is 2.81. The smallest absolute Gasteiger partial charge is 0.265 e. The molecule has 1 atom stereocenters. The van der Waals surface area contributed by atoms with Gasteiger partial charge in [0.05, 0.1) is 11.9 Å². The summed E-state index contributed by atoms with van der Waals surface area (Å²) in [5.41, 5.74) is 6.61. The Kier molecular flexibility index (Phi) is 3.77. The highest BCUT2D eigenvalue weighted by molar-refractivity contribution is 7.21. The number of likely N-dealkylation sites (N-methyl/N-ethyl adjacent to an activating group) is 2. The lowest BCUT2D eigenvalue weighted by Gasteiger charge is -2.25. The standard InChI is InChI=1S/C14H19N5OS/c1-18-7-3-4-9(18)8-19(2)14(20)12-11(15)10-5-6-16-17-13(10)21-12/h5-6,9H,3-4,7-8,15H2,1-2H3. The van der Waals surface area contributed by atoms with Crippen LogP contribution >= 0.6 is 11.3 Å². The SMILES string of the molecule is CN(CC1CCCN1C)C(=O)c1sc2nnccc2c1N. The maximum atomic E-state index is 12.6. The summed E-state index contributed by atoms with van der Waals surface area (Å²) in [5.74, 6) is -0.0317. The fraction of sp³-hybridized carbons (Fsp3) is 0.500. The van der Waals surface area contributed by atoms with Crippen LogP contribution in [0.4, 0.5) is 5.69 Å². The largest absolute Gasteiger partial charge is 0.397 e. The summed E-state index contributed by atoms with van der Waals surface area (Å²) in [6, 6.07) is 2.24. The maximum Gasteiger partial charge on any atom is 0.265 e. The molecule has 21 heavy (non-hydrogen) atoms. The van der Waals surface area contributed by atoms with Crippen molar-refractivity contribution in [2.24, 2.45) is 0 Å². The molecule has 0 saturated carbocycles. The van der Waals surface area contributed by atoms with Crippen LogP contribution in [0.5, 0.6) is 0 Å². The number of fused-ring (bicyclic) bond motifs is 1. The van der Waals surface area contributed by atoms with Crippen molar-refractivity contribution in [2.75, 3.05) is 32.9 Å². The quantitative estimate of drug-likeness (QED) is 0.928. The van der Waals surface area contributed by atoms with E-state index in [1.54, 1.807) is 17.2 Å². The number of likely N-dealkylation sites (tertiary alicyclic amines) is 1. The lowest BCUT2D eigenvalue weighted by molar-refractivity contribution is 0.0767. The zero-order valence-electron chi connectivity index (χ0n) is 12.2. The Bertz CT molecular complexity index is 670. The molecule has 3 rings (SSSR count). The van der Waals surface area contributed by atoms with Crippen molar-refractivity contribution >= 4 is 33.1 Å². The van der Waals surface area contributed by atoms with Gasteiger partial charge in [0.25, 0.3) is 5.91 Å². The van der Waals surface area contributed by atoms with Crippen LogP contribution in [-0.2, 0) is 0 Å². The predicted octanol–water partition coefficient (Wildman–Crippen LogP) is 1.44. The van der Waals surface area contributed by atoms with Gasteiger partial charge in [-0.25, -0.2) is 0 Å². The molecule has 2 aromatic heterocycles. The van der Waals surface area contributed by atoms with Crippen molar-refractivity contribution in [1.29, 1.82) is 0 Å². The molecule has 0 bridgehead atoms. The van der Waals surface area contributed by atoms with Gasteiger partial charge >= 0.3 is 0 Å². The first-order valence-electron chi connectivity index (χ1n) is 7.03. The first kappa shape index (κ1) is 14.2. The van der Waals surface area contributed by atoms with Gasteiger partial charge in [0, 0.05) is 25.0 Å². The molecule has 0 aliphatic carbocycles. The molecule has 2 aromatic rings. The Morgan fingerprint density at radius 2 is 2.43 bits per heavy atom. The second kappa shape index (κ2) is 5.57. The molecule has 1 unspecified atom stereocenters. The van der Waals surface area contributed by atoms with E-state index in [1.165, 1.54) is 17.8 Å². The van der Waals surface area contributed by atoms with Gasteiger partial charge in [-0.1, -0.05) is 0 Å². The lowest BCUT2D eigenvalue weighted by atomic mass is 10.2. The van der Waals surface area contributed by atoms with Crippen LogP contribution < -0.4 is 5.73 Å². The number of rotatable bonds is 3. The molecule has 1 aliphatic heterocycles. The molecule has 1 saturated heterocycles. The van der Waals surface area contributed by atoms with Gasteiger partial charge in [0.1, 0.15) is 9.71 Å². The van der Waals surface area contributed by atoms with Crippen molar-refractivity contribution in [1.82, 2.24) is 20.0 Å². The summed E-state index contributed by atoms with van der Waals surface area (Å²) < 4.78 is 0. The second-order valence-corrected chi connectivity index (χ2v) is 6.56. The molecule has 0 aromatic carbocycles. The monoisotopic (exact) mass is 305 g/mol. The van der Waals surface area contributed by atoms with Crippen molar-refractivity contribution in [3.8, 4) is 0 Å². The van der Waals surface area contributed by atoms with Crippen LogP contribution in [-0.4, -0.2) is 59.1 Å². The van der Waals surface area contributed by atoms with E-state index in [1.807, 2.05) is 7.05 Å². The predicted molar refractivity (Wildman–Crippen MR) is 84.4 cm³/mol. The lowest BCUT2D eigenvalue weighted by Crippen LogP contribution is -2.39. The number of nitrogens with two attached hydrogens (primary N) is 1. The van der Waals surface area contributed by atoms with Gasteiger partial charge in [0.2, 0.25) is 0 Å². The van der Waals surface area contributed by atoms with Gasteiger partial charge in [-0.3, -0.25) is 4.79 Å². The number of hydrogen-bond donors (Lipinski definition) is 1. The Labute approximate surface area is 127 Å². The van der Waals surface area contributed by atoms with E-state index < -0.39 is 0 Å². The van der Waals surface area contributed by atoms with E-state index in [4.69, 9.17) is 5.73 Å². The van der Waals surface area contributed by atoms with Crippen LogP contribution in [0.25, 0.3) is 10.2 Å². The molecule has 6 nitrogen and oxygen atoms in total. The van der Waals surface area contributed by atoms with Gasteiger partial charge < -0.3 is 15.5 Å². The van der Waals surface area contributed by atoms with Gasteiger partial charge in [-0.05, 0) is 32.5 Å². The summed E-state index contributed by atoms with van der Waals surface area (Å²) in [5, 5.41) is 8.68. The van der Waals surface area contributed by atoms with E-state index in [9.17, 15) is 4.79 Å². The molecule has 112 valence electrons. The number of nitrogens with zero attached hydrogens (tertiary/aromatic N) is 4. The summed E-state index contributed by atoms with van der Waals surface area (Å²) in [6.45, 7) is 1.84. The number of thiophene rings is 1. The molecular weight excluding hydrogens is 286 g/mol. The fourth-order valence-corrected chi connectivity index (χ4v) is 3.85. The van der Waals surface area contributed by atoms with E-state index in [2.05, 4.69) is 22.1 Å². The Morgan fingerprint density at radius 3 is 3.10 bits per heavy atom. The minimum absolute atomic E-state index is 0.0317. The zero-order chi connectivity index (χ0) is 15.0. The van der Waals surface area contributed by atoms with Gasteiger partial charge in [-0.15, -0.1) is 16.4 Å². The molecule has 0 radical (unpaired) electrons. The van der Waals surface area contributed by atoms with Crippen LogP contribution in [0, 0.1) is 0 Å². The first-order valence-corrected chi connectivity index (χ1v) is 7.85. The van der Waals surface area contributed by atoms with Gasteiger partial charge in [0.15, 0.2) is 0 Å². The Hall–Kier alpha value is -1.73. The van der Waals surface area contributed by atoms with Crippen LogP contribution in [0.2, 0.25) is 0 Å². The van der Waals surface area contributed by atoms with Crippen molar-refractivity contribution in [3.05, 3.63) is 17.1 Å². The number of carbonyl (C=O) groups excluding carboxylic acids is 1. The minimum atomic E-state index is -0.0317. The molecule has 0 spiro atoms. The average Bonchev–Trinajstić information content (AvgIpc) is 3.03. The normalized spacial score (nSPS) is 19.2. The molecule has 1 aliphatic rings. The molecule has 2 N–H and O–H groups in total. The zero-order valence-corrected chi connectivity index (χ0v) is 13.1. The van der Waals surface area contributed by atoms with Crippen molar-refractivity contribution in [3.63, 3.8) is 0 Å². The van der Waals surface area contributed by atoms with E-state index in [-0.39, 0.29) is 5.91 Å². The highest BCUT2D eigenvalue weighted by atomic mass is 32.1. The number of amides is 1. The molecule has 3 heterocycles. The van der Waals surface area contributed by atoms with Crippen molar-refractivity contribution < 1.29 is 4.79 Å². The Morgan fingerprint density at radius 1 is 1.62 bits per heavy atom. The highest BCUT2D eigenvalue weighted by Gasteiger charge is 2.26. The number of nitrogen functional groups attached to an aromatic ring is 1. The molecule has 1 amide bonds. The Balaban J connectivity index is 1.81. The number of anilines is 1. The van der Waals surface area contributed by atoms with Gasteiger partial charge in [-0.2, -0.15) is 5.10 Å². The van der Waals surface area contributed by atoms with E-state index in [0.29, 0.717) is 21.4 Å². The number of aromatic nitrogens is 2. The van der Waals surface area contributed by atoms with E-state index >= 15 is 0 Å². The van der Waals surface area contributed by atoms with Crippen LogP contribution in [0.1, 0.15) is 22.5 Å². The van der Waals surface area contributed by atoms with Crippen LogP contribution in [0.15, 0.2) is 12.3 Å². The topological polar surface area (TPSA) is 75.3 Å². The van der Waals surface area contributed by atoms with E-state index in [0.717, 1.165) is 24.9 Å². The third-order valence-corrected chi connectivity index (χ3v) is 5.21. The maximum absolute atomic E-state index is 12.6. The summed E-state index contributed by atoms with van der Waals surface area (Å²) in [6.07, 6.45) is 3.93. The minimum Gasteiger partial charge on any atom is -0.397 e.